The lowest BCUT2D eigenvalue weighted by Gasteiger charge is -2.12. The third-order valence-electron chi connectivity index (χ3n) is 6.24. The Morgan fingerprint density at radius 2 is 1.77 bits per heavy atom. The summed E-state index contributed by atoms with van der Waals surface area (Å²) in [7, 11) is 0. The molecule has 2 aromatic carbocycles. The number of nitrogens with zero attached hydrogens (tertiary/aromatic N) is 1. The molecule has 1 aliphatic rings. The second-order valence-electron chi connectivity index (χ2n) is 8.93. The van der Waals surface area contributed by atoms with Crippen LogP contribution in [0.2, 0.25) is 0 Å². The molecule has 0 aliphatic heterocycles. The molecule has 7 heteroatoms. The van der Waals surface area contributed by atoms with E-state index < -0.39 is 5.91 Å². The van der Waals surface area contributed by atoms with Gasteiger partial charge in [0.1, 0.15) is 10.8 Å². The maximum absolute atomic E-state index is 13.5. The fourth-order valence-electron chi connectivity index (χ4n) is 4.18. The molecule has 0 unspecified atom stereocenters. The van der Waals surface area contributed by atoms with E-state index in [1.165, 1.54) is 23.3 Å². The number of amides is 2. The third-order valence-corrected chi connectivity index (χ3v) is 7.44. The summed E-state index contributed by atoms with van der Waals surface area (Å²) in [6, 6.07) is 13.2. The Bertz CT molecular complexity index is 1250. The van der Waals surface area contributed by atoms with E-state index in [2.05, 4.69) is 12.2 Å². The van der Waals surface area contributed by atoms with Crippen molar-refractivity contribution in [1.29, 1.82) is 0 Å². The van der Waals surface area contributed by atoms with Gasteiger partial charge in [-0.05, 0) is 98.2 Å². The molecule has 3 aromatic rings. The Morgan fingerprint density at radius 1 is 1.03 bits per heavy atom. The molecule has 182 valence electrons. The molecule has 0 atom stereocenters. The van der Waals surface area contributed by atoms with Gasteiger partial charge >= 0.3 is 0 Å². The second kappa shape index (κ2) is 11.3. The summed E-state index contributed by atoms with van der Waals surface area (Å²) in [5, 5.41) is 3.85. The summed E-state index contributed by atoms with van der Waals surface area (Å²) in [5.74, 6) is -0.0577. The van der Waals surface area contributed by atoms with Gasteiger partial charge in [0, 0.05) is 16.8 Å². The van der Waals surface area contributed by atoms with E-state index in [4.69, 9.17) is 15.5 Å². The number of carbonyl (C=O) groups is 2. The maximum atomic E-state index is 13.5. The number of thiophene rings is 1. The number of nitrogens with one attached hydrogen (secondary N) is 1. The Labute approximate surface area is 210 Å². The van der Waals surface area contributed by atoms with Crippen LogP contribution in [0.5, 0.6) is 5.75 Å². The number of aryl methyl sites for hydroxylation is 3. The molecule has 1 heterocycles. The predicted octanol–water partition coefficient (Wildman–Crippen LogP) is 5.89. The molecule has 0 radical (unpaired) electrons. The fourth-order valence-corrected chi connectivity index (χ4v) is 5.41. The topological polar surface area (TPSA) is 93.8 Å². The van der Waals surface area contributed by atoms with Crippen molar-refractivity contribution < 1.29 is 14.3 Å². The van der Waals surface area contributed by atoms with Crippen molar-refractivity contribution in [3.8, 4) is 5.75 Å². The minimum Gasteiger partial charge on any atom is -0.484 e. The summed E-state index contributed by atoms with van der Waals surface area (Å²) in [5.41, 5.74) is 11.0. The number of hydrogen-bond donors (Lipinski definition) is 2. The van der Waals surface area contributed by atoms with Crippen LogP contribution in [0.25, 0.3) is 0 Å². The number of hydrogen-bond acceptors (Lipinski definition) is 5. The molecular formula is C28H31N3O3S. The zero-order chi connectivity index (χ0) is 24.8. The van der Waals surface area contributed by atoms with Gasteiger partial charge in [-0.15, -0.1) is 11.3 Å². The Morgan fingerprint density at radius 3 is 2.49 bits per heavy atom. The highest BCUT2D eigenvalue weighted by Crippen LogP contribution is 2.39. The van der Waals surface area contributed by atoms with Crippen LogP contribution in [-0.4, -0.2) is 24.6 Å². The summed E-state index contributed by atoms with van der Waals surface area (Å²) in [6.45, 7) is 3.95. The molecule has 6 nitrogen and oxygen atoms in total. The number of benzene rings is 2. The summed E-state index contributed by atoms with van der Waals surface area (Å²) in [6.07, 6.45) is 8.31. The first-order chi connectivity index (χ1) is 16.9. The Hall–Kier alpha value is -3.45. The van der Waals surface area contributed by atoms with E-state index >= 15 is 0 Å². The lowest BCUT2D eigenvalue weighted by atomic mass is 9.96. The first kappa shape index (κ1) is 24.7. The number of aliphatic imine (C=N–C) groups is 1. The van der Waals surface area contributed by atoms with Crippen molar-refractivity contribution in [2.75, 3.05) is 11.9 Å². The molecule has 2 amide bonds. The van der Waals surface area contributed by atoms with Crippen molar-refractivity contribution in [2.45, 2.75) is 52.4 Å². The molecule has 1 aliphatic carbocycles. The number of carbonyl (C=O) groups excluding carboxylic acids is 2. The molecule has 35 heavy (non-hydrogen) atoms. The quantitative estimate of drug-likeness (QED) is 0.405. The third kappa shape index (κ3) is 6.36. The molecule has 4 rings (SSSR count). The van der Waals surface area contributed by atoms with E-state index in [0.29, 0.717) is 11.3 Å². The SMILES string of the molecule is Cc1ccc(NC(=O)c2c(N=Cc3ccc(OCC(N)=O)cc3)sc3c2CCCCCC3)cc1C. The number of rotatable bonds is 7. The number of nitrogens with two attached hydrogens (primary N) is 1. The van der Waals surface area contributed by atoms with Gasteiger partial charge in [0.05, 0.1) is 5.56 Å². The highest BCUT2D eigenvalue weighted by molar-refractivity contribution is 7.16. The first-order valence-corrected chi connectivity index (χ1v) is 12.8. The highest BCUT2D eigenvalue weighted by Gasteiger charge is 2.24. The van der Waals surface area contributed by atoms with Crippen molar-refractivity contribution in [2.24, 2.45) is 10.7 Å². The average molecular weight is 490 g/mol. The molecule has 0 fully saturated rings. The fraction of sp³-hybridized carbons (Fsp3) is 0.321. The zero-order valence-corrected chi connectivity index (χ0v) is 21.0. The molecule has 3 N–H and O–H groups in total. The number of primary amides is 1. The van der Waals surface area contributed by atoms with Gasteiger partial charge in [0.2, 0.25) is 0 Å². The van der Waals surface area contributed by atoms with Crippen LogP contribution in [0.1, 0.15) is 63.2 Å². The van der Waals surface area contributed by atoms with Crippen LogP contribution in [0, 0.1) is 13.8 Å². The van der Waals surface area contributed by atoms with Gasteiger partial charge in [-0.3, -0.25) is 9.59 Å². The van der Waals surface area contributed by atoms with E-state index in [-0.39, 0.29) is 12.5 Å². The molecule has 1 aromatic heterocycles. The molecular weight excluding hydrogens is 458 g/mol. The van der Waals surface area contributed by atoms with Gasteiger partial charge in [0.15, 0.2) is 6.61 Å². The van der Waals surface area contributed by atoms with Crippen LogP contribution in [0.4, 0.5) is 10.7 Å². The monoisotopic (exact) mass is 489 g/mol. The summed E-state index contributed by atoms with van der Waals surface area (Å²) < 4.78 is 5.32. The standard InChI is InChI=1S/C28H31N3O3S/c1-18-9-12-21(15-19(18)2)31-27(33)26-23-7-5-3-4-6-8-24(23)35-28(26)30-16-20-10-13-22(14-11-20)34-17-25(29)32/h9-16H,3-8,17H2,1-2H3,(H2,29,32)(H,31,33). The van der Waals surface area contributed by atoms with Gasteiger partial charge in [-0.1, -0.05) is 18.9 Å². The Kier molecular flexibility index (Phi) is 7.98. The Balaban J connectivity index is 1.61. The van der Waals surface area contributed by atoms with Crippen molar-refractivity contribution in [1.82, 2.24) is 0 Å². The maximum Gasteiger partial charge on any atom is 0.259 e. The van der Waals surface area contributed by atoms with Crippen molar-refractivity contribution in [3.05, 3.63) is 75.2 Å². The van der Waals surface area contributed by atoms with Crippen LogP contribution in [0.3, 0.4) is 0 Å². The molecule has 0 bridgehead atoms. The van der Waals surface area contributed by atoms with Crippen LogP contribution in [0.15, 0.2) is 47.5 Å². The van der Waals surface area contributed by atoms with Gasteiger partial charge in [-0.2, -0.15) is 0 Å². The van der Waals surface area contributed by atoms with Crippen LogP contribution < -0.4 is 15.8 Å². The van der Waals surface area contributed by atoms with Gasteiger partial charge < -0.3 is 15.8 Å². The summed E-state index contributed by atoms with van der Waals surface area (Å²) >= 11 is 1.63. The predicted molar refractivity (Wildman–Crippen MR) is 142 cm³/mol. The zero-order valence-electron chi connectivity index (χ0n) is 20.2. The lowest BCUT2D eigenvalue weighted by molar-refractivity contribution is -0.119. The number of ether oxygens (including phenoxy) is 1. The molecule has 0 saturated heterocycles. The van der Waals surface area contributed by atoms with E-state index in [1.807, 2.05) is 37.3 Å². The van der Waals surface area contributed by atoms with Gasteiger partial charge in [0.25, 0.3) is 11.8 Å². The van der Waals surface area contributed by atoms with Crippen LogP contribution >= 0.6 is 11.3 Å². The van der Waals surface area contributed by atoms with Crippen molar-refractivity contribution in [3.63, 3.8) is 0 Å². The average Bonchev–Trinajstić information content (AvgIpc) is 3.15. The first-order valence-electron chi connectivity index (χ1n) is 12.0. The second-order valence-corrected chi connectivity index (χ2v) is 10.0. The highest BCUT2D eigenvalue weighted by atomic mass is 32.1. The molecule has 0 saturated carbocycles. The minimum atomic E-state index is -0.518. The largest absolute Gasteiger partial charge is 0.484 e. The van der Waals surface area contributed by atoms with E-state index in [1.54, 1.807) is 29.7 Å². The molecule has 0 spiro atoms. The number of anilines is 1. The number of fused-ring (bicyclic) bond motifs is 1. The normalized spacial score (nSPS) is 13.7. The van der Waals surface area contributed by atoms with Crippen LogP contribution in [-0.2, 0) is 17.6 Å². The van der Waals surface area contributed by atoms with Gasteiger partial charge in [-0.25, -0.2) is 4.99 Å². The lowest BCUT2D eigenvalue weighted by Crippen LogP contribution is -2.19. The van der Waals surface area contributed by atoms with E-state index in [0.717, 1.165) is 53.1 Å². The summed E-state index contributed by atoms with van der Waals surface area (Å²) in [4.78, 5) is 30.5. The minimum absolute atomic E-state index is 0.103. The van der Waals surface area contributed by atoms with E-state index in [9.17, 15) is 9.59 Å². The smallest absolute Gasteiger partial charge is 0.259 e. The van der Waals surface area contributed by atoms with Crippen molar-refractivity contribution >= 4 is 40.1 Å².